The molecule has 4 rings (SSSR count). The molecule has 0 bridgehead atoms. The fraction of sp³-hybridized carbons (Fsp3) is 0.333. The molecule has 34 heavy (non-hydrogen) atoms. The Labute approximate surface area is 202 Å². The molecule has 4 heteroatoms. The van der Waals surface area contributed by atoms with Crippen molar-refractivity contribution in [2.75, 3.05) is 17.7 Å². The zero-order valence-corrected chi connectivity index (χ0v) is 20.6. The van der Waals surface area contributed by atoms with Crippen LogP contribution in [0.5, 0.6) is 0 Å². The van der Waals surface area contributed by atoms with Gasteiger partial charge in [0.2, 0.25) is 0 Å². The highest BCUT2D eigenvalue weighted by Gasteiger charge is 2.36. The van der Waals surface area contributed by atoms with Crippen LogP contribution in [0.2, 0.25) is 0 Å². The molecule has 0 aliphatic heterocycles. The summed E-state index contributed by atoms with van der Waals surface area (Å²) in [5.41, 5.74) is 8.16. The van der Waals surface area contributed by atoms with Crippen molar-refractivity contribution in [3.8, 4) is 0 Å². The van der Waals surface area contributed by atoms with Crippen LogP contribution in [0.25, 0.3) is 0 Å². The minimum absolute atomic E-state index is 0.00506. The first-order valence-corrected chi connectivity index (χ1v) is 12.2. The summed E-state index contributed by atoms with van der Waals surface area (Å²) in [5, 5.41) is 6.33. The van der Waals surface area contributed by atoms with Gasteiger partial charge in [0.05, 0.1) is 0 Å². The molecule has 0 radical (unpaired) electrons. The minimum atomic E-state index is -0.170. The quantitative estimate of drug-likeness (QED) is 0.392. The predicted molar refractivity (Wildman–Crippen MR) is 140 cm³/mol. The lowest BCUT2D eigenvalue weighted by atomic mass is 9.65. The second-order valence-corrected chi connectivity index (χ2v) is 9.54. The van der Waals surface area contributed by atoms with Crippen LogP contribution in [0.1, 0.15) is 82.0 Å². The van der Waals surface area contributed by atoms with Crippen molar-refractivity contribution in [2.45, 2.75) is 58.3 Å². The number of nitrogens with one attached hydrogen (secondary N) is 2. The van der Waals surface area contributed by atoms with E-state index in [0.29, 0.717) is 11.1 Å². The molecule has 3 aromatic rings. The molecule has 0 aromatic heterocycles. The van der Waals surface area contributed by atoms with Gasteiger partial charge in [-0.1, -0.05) is 55.7 Å². The van der Waals surface area contributed by atoms with Gasteiger partial charge in [0.15, 0.2) is 5.78 Å². The van der Waals surface area contributed by atoms with Crippen molar-refractivity contribution in [2.24, 2.45) is 0 Å². The van der Waals surface area contributed by atoms with Gasteiger partial charge in [-0.3, -0.25) is 9.59 Å². The summed E-state index contributed by atoms with van der Waals surface area (Å²) in [6.07, 6.45) is 6.00. The maximum Gasteiger partial charge on any atom is 0.255 e. The average molecular weight is 455 g/mol. The maximum absolute atomic E-state index is 12.8. The number of ketones is 1. The van der Waals surface area contributed by atoms with E-state index in [4.69, 9.17) is 0 Å². The maximum atomic E-state index is 12.8. The Bertz CT molecular complexity index is 1200. The van der Waals surface area contributed by atoms with E-state index >= 15 is 0 Å². The minimum Gasteiger partial charge on any atom is -0.388 e. The average Bonchev–Trinajstić information content (AvgIpc) is 2.85. The van der Waals surface area contributed by atoms with E-state index < -0.39 is 0 Å². The van der Waals surface area contributed by atoms with Crippen LogP contribution in [0.3, 0.4) is 0 Å². The summed E-state index contributed by atoms with van der Waals surface area (Å²) in [7, 11) is 1.96. The smallest absolute Gasteiger partial charge is 0.255 e. The van der Waals surface area contributed by atoms with Crippen molar-refractivity contribution in [1.82, 2.24) is 0 Å². The van der Waals surface area contributed by atoms with E-state index in [1.807, 2.05) is 13.1 Å². The van der Waals surface area contributed by atoms with Crippen LogP contribution < -0.4 is 10.6 Å². The molecule has 4 nitrogen and oxygen atoms in total. The molecule has 1 aliphatic carbocycles. The second kappa shape index (κ2) is 9.84. The Hall–Kier alpha value is -3.40. The summed E-state index contributed by atoms with van der Waals surface area (Å²) in [6, 6.07) is 20.1. The molecule has 1 saturated carbocycles. The number of hydrogen-bond donors (Lipinski definition) is 2. The molecular formula is C30H34N2O2. The lowest BCUT2D eigenvalue weighted by molar-refractivity contribution is 0.100. The second-order valence-electron chi connectivity index (χ2n) is 9.54. The number of hydrogen-bond acceptors (Lipinski definition) is 3. The highest BCUT2D eigenvalue weighted by Crippen LogP contribution is 2.46. The molecule has 1 amide bonds. The number of Topliss-reactive ketones (excluding diaryl/α,β-unsaturated/α-hetero) is 1. The van der Waals surface area contributed by atoms with Crippen LogP contribution in [0.4, 0.5) is 11.4 Å². The van der Waals surface area contributed by atoms with E-state index in [2.05, 4.69) is 54.8 Å². The zero-order chi connectivity index (χ0) is 24.3. The molecule has 0 heterocycles. The van der Waals surface area contributed by atoms with Gasteiger partial charge >= 0.3 is 0 Å². The summed E-state index contributed by atoms with van der Waals surface area (Å²) in [6.45, 7) is 5.75. The van der Waals surface area contributed by atoms with Gasteiger partial charge in [0.25, 0.3) is 5.91 Å². The molecule has 1 fully saturated rings. The third kappa shape index (κ3) is 4.63. The van der Waals surface area contributed by atoms with Crippen LogP contribution in [0, 0.1) is 13.8 Å². The molecular weight excluding hydrogens is 420 g/mol. The lowest BCUT2D eigenvalue weighted by Gasteiger charge is -2.39. The number of anilines is 2. The van der Waals surface area contributed by atoms with Crippen molar-refractivity contribution in [3.05, 3.63) is 94.0 Å². The molecule has 0 unspecified atom stereocenters. The van der Waals surface area contributed by atoms with E-state index in [9.17, 15) is 9.59 Å². The number of amides is 1. The number of benzene rings is 3. The van der Waals surface area contributed by atoms with Gasteiger partial charge in [0.1, 0.15) is 0 Å². The monoisotopic (exact) mass is 454 g/mol. The topological polar surface area (TPSA) is 58.2 Å². The van der Waals surface area contributed by atoms with Gasteiger partial charge in [-0.05, 0) is 80.1 Å². The fourth-order valence-electron chi connectivity index (χ4n) is 5.29. The summed E-state index contributed by atoms with van der Waals surface area (Å²) in [5.74, 6) is -0.178. The number of carbonyl (C=O) groups is 2. The summed E-state index contributed by atoms with van der Waals surface area (Å²) < 4.78 is 0. The Balaban J connectivity index is 1.63. The van der Waals surface area contributed by atoms with Gasteiger partial charge < -0.3 is 10.6 Å². The van der Waals surface area contributed by atoms with Crippen molar-refractivity contribution >= 4 is 23.1 Å². The van der Waals surface area contributed by atoms with E-state index in [1.165, 1.54) is 48.6 Å². The normalized spacial score (nSPS) is 14.9. The highest BCUT2D eigenvalue weighted by atomic mass is 16.1. The first-order valence-electron chi connectivity index (χ1n) is 12.2. The van der Waals surface area contributed by atoms with Gasteiger partial charge in [-0.2, -0.15) is 0 Å². The van der Waals surface area contributed by atoms with Crippen LogP contribution in [-0.2, 0) is 5.41 Å². The Kier molecular flexibility index (Phi) is 6.87. The van der Waals surface area contributed by atoms with Crippen molar-refractivity contribution < 1.29 is 9.59 Å². The molecule has 176 valence electrons. The molecule has 0 saturated heterocycles. The third-order valence-electron chi connectivity index (χ3n) is 7.34. The lowest BCUT2D eigenvalue weighted by Crippen LogP contribution is -2.30. The molecule has 2 N–H and O–H groups in total. The van der Waals surface area contributed by atoms with Crippen LogP contribution in [-0.4, -0.2) is 18.7 Å². The standard InChI is InChI=1S/C30H34N2O2/c1-20-18-25(12-14-27(20)31-4)30(16-6-5-7-17-30)26-13-15-28(21(2)19-26)32-29(34)24-10-8-23(9-11-24)22(3)33/h8-15,18-19,31H,5-7,16-17H2,1-4H3,(H,32,34). The van der Waals surface area contributed by atoms with Crippen molar-refractivity contribution in [1.29, 1.82) is 0 Å². The number of aryl methyl sites for hydroxylation is 2. The molecule has 0 spiro atoms. The first kappa shape index (κ1) is 23.7. The van der Waals surface area contributed by atoms with Crippen LogP contribution in [0.15, 0.2) is 60.7 Å². The fourth-order valence-corrected chi connectivity index (χ4v) is 5.29. The van der Waals surface area contributed by atoms with Gasteiger partial charge in [-0.15, -0.1) is 0 Å². The molecule has 3 aromatic carbocycles. The largest absolute Gasteiger partial charge is 0.388 e. The van der Waals surface area contributed by atoms with Crippen LogP contribution >= 0.6 is 0 Å². The van der Waals surface area contributed by atoms with E-state index in [1.54, 1.807) is 24.3 Å². The number of carbonyl (C=O) groups excluding carboxylic acids is 2. The van der Waals surface area contributed by atoms with Crippen molar-refractivity contribution in [3.63, 3.8) is 0 Å². The van der Waals surface area contributed by atoms with E-state index in [-0.39, 0.29) is 17.1 Å². The Morgan fingerprint density at radius 1 is 0.735 bits per heavy atom. The summed E-state index contributed by atoms with van der Waals surface area (Å²) >= 11 is 0. The first-order chi connectivity index (χ1) is 16.3. The SMILES string of the molecule is CNc1ccc(C2(c3ccc(NC(=O)c4ccc(C(C)=O)cc4)c(C)c3)CCCCC2)cc1C. The predicted octanol–water partition coefficient (Wildman–Crippen LogP) is 7.05. The highest BCUT2D eigenvalue weighted by molar-refractivity contribution is 6.05. The van der Waals surface area contributed by atoms with Gasteiger partial charge in [0, 0.05) is 35.0 Å². The zero-order valence-electron chi connectivity index (χ0n) is 20.6. The van der Waals surface area contributed by atoms with Gasteiger partial charge in [-0.25, -0.2) is 0 Å². The summed E-state index contributed by atoms with van der Waals surface area (Å²) in [4.78, 5) is 24.3. The Morgan fingerprint density at radius 2 is 1.26 bits per heavy atom. The molecule has 1 aliphatic rings. The Morgan fingerprint density at radius 3 is 1.76 bits per heavy atom. The number of rotatable bonds is 6. The molecule has 0 atom stereocenters. The van der Waals surface area contributed by atoms with E-state index in [0.717, 1.165) is 24.1 Å². The third-order valence-corrected chi connectivity index (χ3v) is 7.34.